The average molecular weight is 232 g/mol. The van der Waals surface area contributed by atoms with Crippen molar-refractivity contribution in [2.45, 2.75) is 25.4 Å². The van der Waals surface area contributed by atoms with Gasteiger partial charge in [0.05, 0.1) is 17.3 Å². The molecule has 0 fully saturated rings. The van der Waals surface area contributed by atoms with Crippen LogP contribution in [0.2, 0.25) is 0 Å². The van der Waals surface area contributed by atoms with Gasteiger partial charge in [-0.15, -0.1) is 0 Å². The van der Waals surface area contributed by atoms with Gasteiger partial charge in [-0.2, -0.15) is 0 Å². The highest BCUT2D eigenvalue weighted by Crippen LogP contribution is 2.35. The Labute approximate surface area is 98.1 Å². The molecule has 1 aliphatic carbocycles. The van der Waals surface area contributed by atoms with Crippen molar-refractivity contribution < 1.29 is 9.50 Å². The third kappa shape index (κ3) is 1.56. The number of aromatic nitrogens is 1. The Hall–Kier alpha value is -1.68. The highest BCUT2D eigenvalue weighted by molar-refractivity contribution is 5.92. The number of benzene rings is 1. The molecule has 0 saturated heterocycles. The quantitative estimate of drug-likeness (QED) is 0.732. The van der Waals surface area contributed by atoms with E-state index >= 15 is 0 Å². The van der Waals surface area contributed by atoms with E-state index in [1.54, 1.807) is 6.07 Å². The van der Waals surface area contributed by atoms with E-state index in [-0.39, 0.29) is 5.82 Å². The van der Waals surface area contributed by atoms with Crippen LogP contribution in [0, 0.1) is 5.82 Å². The number of nitrogens with two attached hydrogens (primary N) is 1. The lowest BCUT2D eigenvalue weighted by atomic mass is 9.91. The van der Waals surface area contributed by atoms with Gasteiger partial charge in [0.1, 0.15) is 5.82 Å². The van der Waals surface area contributed by atoms with Crippen LogP contribution in [0.4, 0.5) is 10.1 Å². The van der Waals surface area contributed by atoms with Crippen LogP contribution in [0.15, 0.2) is 18.2 Å². The molecule has 1 atom stereocenters. The van der Waals surface area contributed by atoms with E-state index in [0.717, 1.165) is 23.8 Å². The number of hydrogen-bond acceptors (Lipinski definition) is 3. The number of aliphatic hydroxyl groups is 1. The number of nitrogens with zero attached hydrogens (tertiary/aromatic N) is 1. The topological polar surface area (TPSA) is 59.1 Å². The third-order valence-corrected chi connectivity index (χ3v) is 3.35. The molecule has 0 amide bonds. The molecule has 1 aromatic heterocycles. The van der Waals surface area contributed by atoms with Crippen LogP contribution < -0.4 is 5.73 Å². The Morgan fingerprint density at radius 2 is 2.24 bits per heavy atom. The van der Waals surface area contributed by atoms with Crippen molar-refractivity contribution in [2.75, 3.05) is 5.73 Å². The first-order chi connectivity index (χ1) is 8.16. The summed E-state index contributed by atoms with van der Waals surface area (Å²) in [6, 6.07) is 4.38. The predicted molar refractivity (Wildman–Crippen MR) is 64.0 cm³/mol. The van der Waals surface area contributed by atoms with Crippen LogP contribution in [-0.2, 0) is 6.42 Å². The van der Waals surface area contributed by atoms with E-state index in [2.05, 4.69) is 4.98 Å². The minimum Gasteiger partial charge on any atom is -0.398 e. The van der Waals surface area contributed by atoms with Gasteiger partial charge in [-0.25, -0.2) is 9.37 Å². The molecule has 1 aliphatic rings. The molecule has 3 rings (SSSR count). The molecule has 0 bridgehead atoms. The maximum atomic E-state index is 13.2. The number of hydrogen-bond donors (Lipinski definition) is 2. The van der Waals surface area contributed by atoms with Crippen molar-refractivity contribution in [1.29, 1.82) is 0 Å². The molecule has 17 heavy (non-hydrogen) atoms. The highest BCUT2D eigenvalue weighted by Gasteiger charge is 2.23. The Balaban J connectivity index is 2.35. The van der Waals surface area contributed by atoms with Crippen LogP contribution >= 0.6 is 0 Å². The first kappa shape index (κ1) is 10.5. The van der Waals surface area contributed by atoms with Gasteiger partial charge in [0, 0.05) is 17.1 Å². The van der Waals surface area contributed by atoms with Gasteiger partial charge in [-0.1, -0.05) is 0 Å². The fraction of sp³-hybridized carbons (Fsp3) is 0.308. The maximum Gasteiger partial charge on any atom is 0.125 e. The van der Waals surface area contributed by atoms with Crippen molar-refractivity contribution in [1.82, 2.24) is 4.98 Å². The second kappa shape index (κ2) is 3.67. The molecule has 88 valence electrons. The van der Waals surface area contributed by atoms with E-state index in [9.17, 15) is 9.50 Å². The molecule has 1 aromatic carbocycles. The Bertz CT molecular complexity index is 597. The number of rotatable bonds is 0. The maximum absolute atomic E-state index is 13.2. The molecule has 0 aliphatic heterocycles. The van der Waals surface area contributed by atoms with Crippen LogP contribution in [0.1, 0.15) is 30.2 Å². The first-order valence-electron chi connectivity index (χ1n) is 5.72. The lowest BCUT2D eigenvalue weighted by Crippen LogP contribution is -2.14. The van der Waals surface area contributed by atoms with Gasteiger partial charge >= 0.3 is 0 Å². The van der Waals surface area contributed by atoms with Gasteiger partial charge in [0.2, 0.25) is 0 Å². The zero-order chi connectivity index (χ0) is 12.0. The lowest BCUT2D eigenvalue weighted by Gasteiger charge is -2.22. The largest absolute Gasteiger partial charge is 0.398 e. The smallest absolute Gasteiger partial charge is 0.125 e. The number of fused-ring (bicyclic) bond motifs is 2. The fourth-order valence-corrected chi connectivity index (χ4v) is 2.47. The van der Waals surface area contributed by atoms with Crippen LogP contribution in [0.5, 0.6) is 0 Å². The molecule has 0 spiro atoms. The number of halogens is 1. The predicted octanol–water partition coefficient (Wildman–Crippen LogP) is 2.33. The summed E-state index contributed by atoms with van der Waals surface area (Å²) < 4.78 is 13.2. The number of aliphatic hydroxyl groups excluding tert-OH is 1. The summed E-state index contributed by atoms with van der Waals surface area (Å²) in [5, 5.41) is 10.7. The minimum atomic E-state index is -0.575. The zero-order valence-corrected chi connectivity index (χ0v) is 9.28. The Morgan fingerprint density at radius 3 is 3.06 bits per heavy atom. The summed E-state index contributed by atoms with van der Waals surface area (Å²) in [7, 11) is 0. The molecular weight excluding hydrogens is 219 g/mol. The number of nitrogen functional groups attached to an aromatic ring is 1. The molecule has 0 saturated carbocycles. The summed E-state index contributed by atoms with van der Waals surface area (Å²) in [5.41, 5.74) is 8.76. The second-order valence-electron chi connectivity index (χ2n) is 4.46. The number of pyridine rings is 1. The molecule has 2 aromatic rings. The summed E-state index contributed by atoms with van der Waals surface area (Å²) in [6.07, 6.45) is 1.86. The van der Waals surface area contributed by atoms with E-state index in [1.807, 2.05) is 0 Å². The van der Waals surface area contributed by atoms with E-state index in [0.29, 0.717) is 23.3 Å². The van der Waals surface area contributed by atoms with Gasteiger partial charge in [-0.3, -0.25) is 0 Å². The molecule has 1 unspecified atom stereocenters. The fourth-order valence-electron chi connectivity index (χ4n) is 2.47. The molecule has 3 N–H and O–H groups in total. The van der Waals surface area contributed by atoms with Crippen molar-refractivity contribution >= 4 is 16.6 Å². The zero-order valence-electron chi connectivity index (χ0n) is 9.28. The Kier molecular flexibility index (Phi) is 2.26. The second-order valence-corrected chi connectivity index (χ2v) is 4.46. The van der Waals surface area contributed by atoms with Crippen molar-refractivity contribution in [3.63, 3.8) is 0 Å². The van der Waals surface area contributed by atoms with Crippen molar-refractivity contribution in [3.05, 3.63) is 35.3 Å². The monoisotopic (exact) mass is 232 g/mol. The number of anilines is 1. The summed E-state index contributed by atoms with van der Waals surface area (Å²) in [4.78, 5) is 4.35. The van der Waals surface area contributed by atoms with Crippen molar-refractivity contribution in [3.8, 4) is 0 Å². The lowest BCUT2D eigenvalue weighted by molar-refractivity contribution is 0.152. The van der Waals surface area contributed by atoms with E-state index in [4.69, 9.17) is 5.73 Å². The molecule has 0 radical (unpaired) electrons. The summed E-state index contributed by atoms with van der Waals surface area (Å²) in [6.45, 7) is 0. The average Bonchev–Trinajstić information content (AvgIpc) is 2.30. The van der Waals surface area contributed by atoms with Crippen LogP contribution in [0.3, 0.4) is 0 Å². The van der Waals surface area contributed by atoms with Gasteiger partial charge in [-0.05, 0) is 37.0 Å². The molecule has 4 heteroatoms. The normalized spacial score (nSPS) is 19.3. The standard InChI is InChI=1S/C13H13FN2O/c14-7-4-5-8-10(6-7)16-13-9(12(8)15)2-1-3-11(13)17/h4-6,11,17H,1-3H2,(H2,15,16). The van der Waals surface area contributed by atoms with Gasteiger partial charge in [0.25, 0.3) is 0 Å². The summed E-state index contributed by atoms with van der Waals surface area (Å²) in [5.74, 6) is -0.338. The van der Waals surface area contributed by atoms with Crippen LogP contribution in [0.25, 0.3) is 10.9 Å². The molecule has 3 nitrogen and oxygen atoms in total. The minimum absolute atomic E-state index is 0.338. The van der Waals surface area contributed by atoms with E-state index < -0.39 is 6.10 Å². The Morgan fingerprint density at radius 1 is 1.41 bits per heavy atom. The highest BCUT2D eigenvalue weighted by atomic mass is 19.1. The first-order valence-corrected chi connectivity index (χ1v) is 5.72. The van der Waals surface area contributed by atoms with E-state index in [1.165, 1.54) is 12.1 Å². The third-order valence-electron chi connectivity index (χ3n) is 3.35. The van der Waals surface area contributed by atoms with Gasteiger partial charge < -0.3 is 10.8 Å². The van der Waals surface area contributed by atoms with Crippen LogP contribution in [-0.4, -0.2) is 10.1 Å². The molecular formula is C13H13FN2O. The summed E-state index contributed by atoms with van der Waals surface area (Å²) >= 11 is 0. The van der Waals surface area contributed by atoms with Gasteiger partial charge in [0.15, 0.2) is 0 Å². The van der Waals surface area contributed by atoms with Crippen molar-refractivity contribution in [2.24, 2.45) is 0 Å². The SMILES string of the molecule is Nc1c2c(nc3cc(F)ccc13)C(O)CCC2. The molecule has 1 heterocycles.